The maximum absolute atomic E-state index is 11.0. The molecule has 0 saturated heterocycles. The lowest BCUT2D eigenvalue weighted by molar-refractivity contribution is -0.141. The average molecular weight is 210 g/mol. The largest absolute Gasteiger partial charge is 0.481 e. The third-order valence-electron chi connectivity index (χ3n) is 4.57. The van der Waals surface area contributed by atoms with Gasteiger partial charge in [0.05, 0.1) is 6.42 Å². The minimum atomic E-state index is -0.581. The molecule has 15 heavy (non-hydrogen) atoms. The first-order chi connectivity index (χ1) is 7.23. The van der Waals surface area contributed by atoms with Crippen LogP contribution in [0, 0.1) is 11.3 Å². The Bertz CT molecular complexity index is 223. The van der Waals surface area contributed by atoms with Crippen molar-refractivity contribution in [2.24, 2.45) is 11.3 Å². The van der Waals surface area contributed by atoms with Gasteiger partial charge in [0.25, 0.3) is 0 Å². The van der Waals surface area contributed by atoms with Gasteiger partial charge in [-0.25, -0.2) is 0 Å². The van der Waals surface area contributed by atoms with E-state index in [9.17, 15) is 4.79 Å². The van der Waals surface area contributed by atoms with Crippen molar-refractivity contribution in [3.63, 3.8) is 0 Å². The first-order valence-electron chi connectivity index (χ1n) is 6.45. The molecule has 2 nitrogen and oxygen atoms in total. The van der Waals surface area contributed by atoms with E-state index >= 15 is 0 Å². The summed E-state index contributed by atoms with van der Waals surface area (Å²) >= 11 is 0. The fraction of sp³-hybridized carbons (Fsp3) is 0.923. The zero-order valence-corrected chi connectivity index (χ0v) is 9.50. The lowest BCUT2D eigenvalue weighted by Gasteiger charge is -2.39. The van der Waals surface area contributed by atoms with Gasteiger partial charge in [-0.2, -0.15) is 0 Å². The first kappa shape index (κ1) is 11.0. The SMILES string of the molecule is O=C(O)CC1(C2CCCCC2)CCCC1. The number of carboxylic acids is 1. The van der Waals surface area contributed by atoms with Crippen LogP contribution < -0.4 is 0 Å². The van der Waals surface area contributed by atoms with Gasteiger partial charge in [-0.05, 0) is 37.0 Å². The molecule has 0 unspecified atom stereocenters. The second kappa shape index (κ2) is 4.54. The third-order valence-corrected chi connectivity index (χ3v) is 4.57. The van der Waals surface area contributed by atoms with E-state index in [0.29, 0.717) is 12.3 Å². The van der Waals surface area contributed by atoms with Crippen LogP contribution in [0.1, 0.15) is 64.2 Å². The van der Waals surface area contributed by atoms with Gasteiger partial charge in [0.15, 0.2) is 0 Å². The molecule has 0 aromatic rings. The molecule has 2 aliphatic carbocycles. The van der Waals surface area contributed by atoms with Crippen molar-refractivity contribution in [3.05, 3.63) is 0 Å². The molecule has 2 fully saturated rings. The topological polar surface area (TPSA) is 37.3 Å². The highest BCUT2D eigenvalue weighted by molar-refractivity contribution is 5.67. The summed E-state index contributed by atoms with van der Waals surface area (Å²) in [6.07, 6.45) is 11.9. The van der Waals surface area contributed by atoms with E-state index in [1.54, 1.807) is 0 Å². The lowest BCUT2D eigenvalue weighted by atomic mass is 9.66. The van der Waals surface area contributed by atoms with Crippen LogP contribution >= 0.6 is 0 Å². The number of hydrogen-bond acceptors (Lipinski definition) is 1. The Hall–Kier alpha value is -0.530. The normalized spacial score (nSPS) is 26.7. The molecule has 0 atom stereocenters. The molecular formula is C13H22O2. The quantitative estimate of drug-likeness (QED) is 0.772. The van der Waals surface area contributed by atoms with Gasteiger partial charge in [0.1, 0.15) is 0 Å². The first-order valence-corrected chi connectivity index (χ1v) is 6.45. The summed E-state index contributed by atoms with van der Waals surface area (Å²) in [4.78, 5) is 11.0. The second-order valence-electron chi connectivity index (χ2n) is 5.47. The molecule has 86 valence electrons. The molecule has 0 spiro atoms. The molecule has 2 saturated carbocycles. The van der Waals surface area contributed by atoms with Crippen LogP contribution in [-0.2, 0) is 4.79 Å². The lowest BCUT2D eigenvalue weighted by Crippen LogP contribution is -2.32. The van der Waals surface area contributed by atoms with Crippen molar-refractivity contribution < 1.29 is 9.90 Å². The van der Waals surface area contributed by atoms with Crippen LogP contribution in [0.15, 0.2) is 0 Å². The summed E-state index contributed by atoms with van der Waals surface area (Å²) in [7, 11) is 0. The van der Waals surface area contributed by atoms with Gasteiger partial charge in [-0.1, -0.05) is 32.1 Å². The van der Waals surface area contributed by atoms with Crippen molar-refractivity contribution in [2.45, 2.75) is 64.2 Å². The van der Waals surface area contributed by atoms with Gasteiger partial charge in [0, 0.05) is 0 Å². The summed E-state index contributed by atoms with van der Waals surface area (Å²) in [6, 6.07) is 0. The molecular weight excluding hydrogens is 188 g/mol. The van der Waals surface area contributed by atoms with Crippen LogP contribution in [0.5, 0.6) is 0 Å². The van der Waals surface area contributed by atoms with E-state index in [2.05, 4.69) is 0 Å². The van der Waals surface area contributed by atoms with Crippen LogP contribution in [0.4, 0.5) is 0 Å². The van der Waals surface area contributed by atoms with E-state index in [4.69, 9.17) is 5.11 Å². The predicted octanol–water partition coefficient (Wildman–Crippen LogP) is 3.60. The molecule has 0 amide bonds. The maximum Gasteiger partial charge on any atom is 0.303 e. The fourth-order valence-electron chi connectivity index (χ4n) is 3.82. The van der Waals surface area contributed by atoms with Gasteiger partial charge in [-0.15, -0.1) is 0 Å². The highest BCUT2D eigenvalue weighted by atomic mass is 16.4. The number of aliphatic carboxylic acids is 1. The average Bonchev–Trinajstić information content (AvgIpc) is 2.68. The van der Waals surface area contributed by atoms with Crippen LogP contribution in [0.25, 0.3) is 0 Å². The molecule has 2 aliphatic rings. The summed E-state index contributed by atoms with van der Waals surface area (Å²) < 4.78 is 0. The molecule has 0 radical (unpaired) electrons. The van der Waals surface area contributed by atoms with Crippen molar-refractivity contribution in [3.8, 4) is 0 Å². The molecule has 0 aromatic heterocycles. The van der Waals surface area contributed by atoms with Crippen molar-refractivity contribution in [2.75, 3.05) is 0 Å². The molecule has 2 rings (SSSR count). The van der Waals surface area contributed by atoms with Crippen molar-refractivity contribution in [1.29, 1.82) is 0 Å². The van der Waals surface area contributed by atoms with Gasteiger partial charge in [-0.3, -0.25) is 4.79 Å². The molecule has 0 aliphatic heterocycles. The molecule has 0 bridgehead atoms. The van der Waals surface area contributed by atoms with E-state index in [1.807, 2.05) is 0 Å². The molecule has 0 aromatic carbocycles. The van der Waals surface area contributed by atoms with Gasteiger partial charge in [0.2, 0.25) is 0 Å². The van der Waals surface area contributed by atoms with Gasteiger partial charge < -0.3 is 5.11 Å². The smallest absolute Gasteiger partial charge is 0.303 e. The summed E-state index contributed by atoms with van der Waals surface area (Å²) in [6.45, 7) is 0. The minimum Gasteiger partial charge on any atom is -0.481 e. The Morgan fingerprint density at radius 1 is 1.07 bits per heavy atom. The second-order valence-corrected chi connectivity index (χ2v) is 5.47. The standard InChI is InChI=1S/C13H22O2/c14-12(15)10-13(8-4-5-9-13)11-6-2-1-3-7-11/h11H,1-10H2,(H,14,15). The van der Waals surface area contributed by atoms with Crippen LogP contribution in [0.2, 0.25) is 0 Å². The van der Waals surface area contributed by atoms with E-state index < -0.39 is 5.97 Å². The van der Waals surface area contributed by atoms with Crippen molar-refractivity contribution in [1.82, 2.24) is 0 Å². The third kappa shape index (κ3) is 2.35. The summed E-state index contributed by atoms with van der Waals surface area (Å²) in [5.74, 6) is 0.132. The summed E-state index contributed by atoms with van der Waals surface area (Å²) in [5, 5.41) is 9.07. The molecule has 0 heterocycles. The van der Waals surface area contributed by atoms with E-state index in [-0.39, 0.29) is 5.41 Å². The number of carbonyl (C=O) groups is 1. The summed E-state index contributed by atoms with van der Waals surface area (Å²) in [5.41, 5.74) is 0.187. The fourth-order valence-corrected chi connectivity index (χ4v) is 3.82. The maximum atomic E-state index is 11.0. The van der Waals surface area contributed by atoms with Gasteiger partial charge >= 0.3 is 5.97 Å². The zero-order chi connectivity index (χ0) is 10.7. The molecule has 1 N–H and O–H groups in total. The molecule has 2 heteroatoms. The monoisotopic (exact) mass is 210 g/mol. The van der Waals surface area contributed by atoms with E-state index in [1.165, 1.54) is 57.8 Å². The Morgan fingerprint density at radius 2 is 1.67 bits per heavy atom. The number of hydrogen-bond donors (Lipinski definition) is 1. The predicted molar refractivity (Wildman–Crippen MR) is 59.7 cm³/mol. The zero-order valence-electron chi connectivity index (χ0n) is 9.50. The highest BCUT2D eigenvalue weighted by Crippen LogP contribution is 2.51. The van der Waals surface area contributed by atoms with E-state index in [0.717, 1.165) is 0 Å². The Balaban J connectivity index is 2.06. The number of rotatable bonds is 3. The Morgan fingerprint density at radius 3 is 2.20 bits per heavy atom. The Labute approximate surface area is 92.1 Å². The number of carboxylic acid groups (broad SMARTS) is 1. The van der Waals surface area contributed by atoms with Crippen LogP contribution in [0.3, 0.4) is 0 Å². The Kier molecular flexibility index (Phi) is 3.32. The van der Waals surface area contributed by atoms with Crippen molar-refractivity contribution >= 4 is 5.97 Å². The van der Waals surface area contributed by atoms with Crippen LogP contribution in [-0.4, -0.2) is 11.1 Å². The minimum absolute atomic E-state index is 0.187. The highest BCUT2D eigenvalue weighted by Gasteiger charge is 2.42.